The molecule has 0 saturated heterocycles. The number of hydrogen-bond acceptors (Lipinski definition) is 12. The largest absolute Gasteiger partial charge is 0.507 e. The summed E-state index contributed by atoms with van der Waals surface area (Å²) in [5, 5.41) is 47.4. The Labute approximate surface area is 519 Å². The fourth-order valence-corrected chi connectivity index (χ4v) is 10.9. The molecule has 2 heterocycles. The monoisotopic (exact) mass is 1190 g/mol. The van der Waals surface area contributed by atoms with Crippen LogP contribution in [0.4, 0.5) is 0 Å². The third-order valence-electron chi connectivity index (χ3n) is 16.6. The molecule has 6 aromatic rings. The molecule has 0 radical (unpaired) electrons. The van der Waals surface area contributed by atoms with Crippen LogP contribution in [0.5, 0.6) is 34.5 Å². The van der Waals surface area contributed by atoms with Crippen LogP contribution in [-0.4, -0.2) is 33.6 Å². The highest BCUT2D eigenvalue weighted by Crippen LogP contribution is 2.41. The second-order valence-corrected chi connectivity index (χ2v) is 30.3. The summed E-state index contributed by atoms with van der Waals surface area (Å²) in [5.74, 6) is 1.78. The topological polar surface area (TPSA) is 155 Å². The summed E-state index contributed by atoms with van der Waals surface area (Å²) in [5.41, 5.74) is 13.5. The van der Waals surface area contributed by atoms with Crippen LogP contribution in [-0.2, 0) is 140 Å². The smallest absolute Gasteiger partial charge is 0.130 e. The molecule has 0 spiro atoms. The number of rotatable bonds is 6. The van der Waals surface area contributed by atoms with Gasteiger partial charge in [0.2, 0.25) is 0 Å². The van der Waals surface area contributed by atoms with Crippen molar-refractivity contribution in [2.24, 2.45) is 0 Å². The van der Waals surface area contributed by atoms with Gasteiger partial charge in [0.15, 0.2) is 0 Å². The predicted octanol–water partition coefficient (Wildman–Crippen LogP) is 17.1. The Bertz CT molecular complexity index is 2980. The molecular formula is C75H100O12. The Balaban J connectivity index is 1.14. The van der Waals surface area contributed by atoms with Crippen LogP contribution >= 0.6 is 0 Å². The molecule has 472 valence electrons. The molecule has 87 heavy (non-hydrogen) atoms. The van der Waals surface area contributed by atoms with E-state index in [2.05, 4.69) is 149 Å². The first-order valence-corrected chi connectivity index (χ1v) is 31.0. The standard InChI is InChI=1S/C75H100O12/c1-70(2,3)58-22-46-34-80-35-47-23-59(71(4,5)6)27-51(65(47)77)39-83-43-55-31-62(74(13,14)15)30-54(42-82-38-50(26-58)64(46)76)68(55)86-20-19-21-87-69-56-32-63(75(16,17)18)33-57(69)45-85-41-53-29-61(73(10,11)12)25-49(67(53)79)37-81-36-48-24-60(72(7,8)9)28-52(66(48)78)40-84-44-56/h22-33,76-79H,19-21,34-45H2,1-18H3. The van der Waals surface area contributed by atoms with Crippen LogP contribution in [0.3, 0.4) is 0 Å². The Hall–Kier alpha value is -6.12. The van der Waals surface area contributed by atoms with Gasteiger partial charge in [-0.3, -0.25) is 0 Å². The summed E-state index contributed by atoms with van der Waals surface area (Å²) in [6.07, 6.45) is 0.492. The normalized spacial score (nSPS) is 15.7. The van der Waals surface area contributed by atoms with Crippen LogP contribution < -0.4 is 9.47 Å². The minimum absolute atomic E-state index is 0.123. The maximum Gasteiger partial charge on any atom is 0.130 e. The van der Waals surface area contributed by atoms with Crippen LogP contribution in [0.15, 0.2) is 72.8 Å². The van der Waals surface area contributed by atoms with E-state index in [1.165, 1.54) is 0 Å². The average Bonchev–Trinajstić information content (AvgIpc) is 2.09. The summed E-state index contributed by atoms with van der Waals surface area (Å²) in [6, 6.07) is 24.7. The van der Waals surface area contributed by atoms with Crippen molar-refractivity contribution in [2.45, 2.75) is 243 Å². The van der Waals surface area contributed by atoms with E-state index in [4.69, 9.17) is 37.9 Å². The lowest BCUT2D eigenvalue weighted by Gasteiger charge is -2.26. The Kier molecular flexibility index (Phi) is 20.4. The van der Waals surface area contributed by atoms with Crippen LogP contribution in [0, 0.1) is 0 Å². The van der Waals surface area contributed by atoms with Crippen molar-refractivity contribution < 1.29 is 58.3 Å². The zero-order valence-electron chi connectivity index (χ0n) is 55.6. The van der Waals surface area contributed by atoms with Gasteiger partial charge >= 0.3 is 0 Å². The lowest BCUT2D eigenvalue weighted by molar-refractivity contribution is 0.0908. The third-order valence-corrected chi connectivity index (χ3v) is 16.6. The van der Waals surface area contributed by atoms with Gasteiger partial charge in [0.25, 0.3) is 0 Å². The lowest BCUT2D eigenvalue weighted by atomic mass is 9.84. The zero-order chi connectivity index (χ0) is 63.6. The molecule has 0 saturated carbocycles. The van der Waals surface area contributed by atoms with Crippen LogP contribution in [0.25, 0.3) is 0 Å². The molecule has 12 bridgehead atoms. The van der Waals surface area contributed by atoms with E-state index in [1.54, 1.807) is 0 Å². The molecule has 2 aliphatic rings. The van der Waals surface area contributed by atoms with E-state index in [0.29, 0.717) is 62.4 Å². The first-order valence-electron chi connectivity index (χ1n) is 31.0. The molecule has 0 amide bonds. The van der Waals surface area contributed by atoms with Crippen molar-refractivity contribution in [1.29, 1.82) is 0 Å². The first kappa shape index (κ1) is 66.8. The fourth-order valence-electron chi connectivity index (χ4n) is 10.9. The van der Waals surface area contributed by atoms with Crippen molar-refractivity contribution in [1.82, 2.24) is 0 Å². The molecule has 8 rings (SSSR count). The number of ether oxygens (including phenoxy) is 8. The minimum Gasteiger partial charge on any atom is -0.507 e. The fraction of sp³-hybridized carbons (Fsp3) is 0.520. The highest BCUT2D eigenvalue weighted by Gasteiger charge is 2.28. The summed E-state index contributed by atoms with van der Waals surface area (Å²) < 4.78 is 52.9. The van der Waals surface area contributed by atoms with E-state index in [9.17, 15) is 20.4 Å². The average molecular weight is 1190 g/mol. The number of aromatic hydroxyl groups is 4. The second kappa shape index (κ2) is 26.5. The Morgan fingerprint density at radius 1 is 0.253 bits per heavy atom. The number of benzene rings is 6. The summed E-state index contributed by atoms with van der Waals surface area (Å²) in [6.45, 7) is 41.2. The summed E-state index contributed by atoms with van der Waals surface area (Å²) in [4.78, 5) is 0. The van der Waals surface area contributed by atoms with Crippen molar-refractivity contribution >= 4 is 0 Å². The molecule has 0 aliphatic carbocycles. The van der Waals surface area contributed by atoms with Crippen molar-refractivity contribution in [3.8, 4) is 34.5 Å². The number of hydrogen-bond donors (Lipinski definition) is 4. The highest BCUT2D eigenvalue weighted by molar-refractivity contribution is 5.51. The van der Waals surface area contributed by atoms with Crippen LogP contribution in [0.2, 0.25) is 0 Å². The summed E-state index contributed by atoms with van der Waals surface area (Å²) in [7, 11) is 0. The Morgan fingerprint density at radius 2 is 0.391 bits per heavy atom. The van der Waals surface area contributed by atoms with Gasteiger partial charge in [0, 0.05) is 73.2 Å². The van der Waals surface area contributed by atoms with E-state index in [0.717, 1.165) is 55.6 Å². The van der Waals surface area contributed by atoms with E-state index < -0.39 is 0 Å². The maximum atomic E-state index is 11.8. The lowest BCUT2D eigenvalue weighted by Crippen LogP contribution is -2.16. The highest BCUT2D eigenvalue weighted by atomic mass is 16.5. The number of phenols is 4. The third kappa shape index (κ3) is 16.8. The van der Waals surface area contributed by atoms with E-state index in [1.807, 2.05) is 48.5 Å². The molecule has 2 aliphatic heterocycles. The molecule has 0 unspecified atom stereocenters. The van der Waals surface area contributed by atoms with Gasteiger partial charge in [-0.25, -0.2) is 0 Å². The van der Waals surface area contributed by atoms with Gasteiger partial charge in [-0.2, -0.15) is 0 Å². The molecule has 0 atom stereocenters. The SMILES string of the molecule is CC(C)(C)c1cc2c(O)c(c1)COCc1cc(C(C)(C)C)cc(c1OCCCOc1c3cc(C(C)(C)C)cc1COCc1cc(C(C)(C)C)cc(c1O)COCc1cc(C(C)(C)C)cc(c1O)COC3)COCc1cc(C(C)(C)C)cc(c1O)COC2. The first-order chi connectivity index (χ1) is 40.6. The molecule has 12 nitrogen and oxygen atoms in total. The molecule has 6 aromatic carbocycles. The van der Waals surface area contributed by atoms with E-state index in [-0.39, 0.29) is 148 Å². The molecule has 4 N–H and O–H groups in total. The zero-order valence-corrected chi connectivity index (χ0v) is 55.6. The van der Waals surface area contributed by atoms with Crippen molar-refractivity contribution in [2.75, 3.05) is 13.2 Å². The number of fused-ring (bicyclic) bond motifs is 12. The van der Waals surface area contributed by atoms with Gasteiger partial charge in [-0.15, -0.1) is 0 Å². The van der Waals surface area contributed by atoms with Gasteiger partial charge < -0.3 is 58.3 Å². The summed E-state index contributed by atoms with van der Waals surface area (Å²) >= 11 is 0. The van der Waals surface area contributed by atoms with Crippen molar-refractivity contribution in [3.05, 3.63) is 173 Å². The number of phenolic OH excluding ortho intramolecular Hbond substituents is 4. The minimum atomic E-state index is -0.247. The van der Waals surface area contributed by atoms with E-state index >= 15 is 0 Å². The molecule has 0 aromatic heterocycles. The molecular weight excluding hydrogens is 1090 g/mol. The van der Waals surface area contributed by atoms with Crippen molar-refractivity contribution in [3.63, 3.8) is 0 Å². The maximum absolute atomic E-state index is 11.8. The molecule has 0 fully saturated rings. The Morgan fingerprint density at radius 3 is 0.540 bits per heavy atom. The molecule has 12 heteroatoms. The van der Waals surface area contributed by atoms with Crippen LogP contribution in [0.1, 0.15) is 231 Å². The quantitative estimate of drug-likeness (QED) is 0.117. The van der Waals surface area contributed by atoms with Gasteiger partial charge in [-0.05, 0) is 139 Å². The second-order valence-electron chi connectivity index (χ2n) is 30.3. The predicted molar refractivity (Wildman–Crippen MR) is 344 cm³/mol. The van der Waals surface area contributed by atoms with Gasteiger partial charge in [-0.1, -0.05) is 125 Å². The van der Waals surface area contributed by atoms with Gasteiger partial charge in [0.1, 0.15) is 34.5 Å². The van der Waals surface area contributed by atoms with Gasteiger partial charge in [0.05, 0.1) is 92.5 Å².